The lowest BCUT2D eigenvalue weighted by Crippen LogP contribution is -2.17. The molecule has 26 heavy (non-hydrogen) atoms. The van der Waals surface area contributed by atoms with Gasteiger partial charge in [-0.2, -0.15) is 0 Å². The molecule has 2 aromatic rings. The maximum Gasteiger partial charge on any atom is 0.160 e. The standard InChI is InChI=1S/C22H30O4/c1-16-9-11-20(13-17(16)2)26-15-19(23)8-6-5-7-18-10-12-21(24-3)22(14-18)25-4/h9-14,19,23H,5-8,15H2,1-4H3/i4D3,9D,10D,11D,12D,13D,14D,19D. The Kier molecular flexibility index (Phi) is 3.96. The van der Waals surface area contributed by atoms with E-state index in [-0.39, 0.29) is 66.5 Å². The van der Waals surface area contributed by atoms with Crippen molar-refractivity contribution in [1.29, 1.82) is 0 Å². The van der Waals surface area contributed by atoms with Gasteiger partial charge in [0.2, 0.25) is 0 Å². The quantitative estimate of drug-likeness (QED) is 0.629. The van der Waals surface area contributed by atoms with Crippen LogP contribution in [0.1, 0.15) is 49.7 Å². The van der Waals surface area contributed by atoms with Crippen LogP contribution in [-0.2, 0) is 6.42 Å². The monoisotopic (exact) mass is 368 g/mol. The number of methoxy groups -OCH3 is 2. The molecule has 0 aliphatic carbocycles. The summed E-state index contributed by atoms with van der Waals surface area (Å²) in [5, 5.41) is 10.4. The molecule has 2 aromatic carbocycles. The van der Waals surface area contributed by atoms with Gasteiger partial charge >= 0.3 is 0 Å². The Hall–Kier alpha value is -2.20. The molecule has 0 bridgehead atoms. The van der Waals surface area contributed by atoms with Crippen LogP contribution in [0.4, 0.5) is 0 Å². The van der Waals surface area contributed by atoms with Crippen LogP contribution in [0.2, 0.25) is 0 Å². The number of aliphatic hydroxyl groups is 1. The van der Waals surface area contributed by atoms with Crippen molar-refractivity contribution in [3.05, 3.63) is 52.9 Å². The molecule has 1 N–H and O–H groups in total. The van der Waals surface area contributed by atoms with E-state index in [1.54, 1.807) is 13.8 Å². The van der Waals surface area contributed by atoms with Crippen LogP contribution in [0.3, 0.4) is 0 Å². The van der Waals surface area contributed by atoms with E-state index in [4.69, 9.17) is 27.9 Å². The second-order valence-electron chi connectivity index (χ2n) is 5.83. The lowest BCUT2D eigenvalue weighted by molar-refractivity contribution is 0.0976. The maximum atomic E-state index is 10.4. The van der Waals surface area contributed by atoms with Gasteiger partial charge in [-0.1, -0.05) is 18.5 Å². The predicted octanol–water partition coefficient (Wildman–Crippen LogP) is 4.47. The molecule has 0 radical (unpaired) electrons. The molecule has 0 saturated heterocycles. The minimum atomic E-state index is -2.88. The van der Waals surface area contributed by atoms with Gasteiger partial charge in [0.15, 0.2) is 11.5 Å². The molecule has 1 atom stereocenters. The largest absolute Gasteiger partial charge is 0.493 e. The third-order valence-electron chi connectivity index (χ3n) is 3.86. The Morgan fingerprint density at radius 1 is 1.08 bits per heavy atom. The molecule has 1 unspecified atom stereocenters. The summed E-state index contributed by atoms with van der Waals surface area (Å²) in [6, 6.07) is -1.53. The van der Waals surface area contributed by atoms with E-state index in [9.17, 15) is 5.11 Å². The van der Waals surface area contributed by atoms with E-state index >= 15 is 0 Å². The molecule has 2 rings (SSSR count). The van der Waals surface area contributed by atoms with Gasteiger partial charge in [0, 0.05) is 0 Å². The molecule has 0 saturated carbocycles. The highest BCUT2D eigenvalue weighted by Gasteiger charge is 2.07. The van der Waals surface area contributed by atoms with E-state index in [1.807, 2.05) is 0 Å². The van der Waals surface area contributed by atoms with Gasteiger partial charge in [-0.3, -0.25) is 0 Å². The third-order valence-corrected chi connectivity index (χ3v) is 3.86. The first-order valence-corrected chi connectivity index (χ1v) is 8.30. The molecule has 0 heterocycles. The number of benzene rings is 2. The summed E-state index contributed by atoms with van der Waals surface area (Å²) in [5.74, 6) is -0.930. The fourth-order valence-corrected chi connectivity index (χ4v) is 2.22. The maximum absolute atomic E-state index is 10.4. The Labute approximate surface area is 170 Å². The summed E-state index contributed by atoms with van der Waals surface area (Å²) in [4.78, 5) is 0. The van der Waals surface area contributed by atoms with Gasteiger partial charge in [-0.15, -0.1) is 0 Å². The minimum Gasteiger partial charge on any atom is -0.493 e. The lowest BCUT2D eigenvalue weighted by Gasteiger charge is -2.13. The Bertz CT molecular complexity index is 1090. The first-order chi connectivity index (χ1) is 16.5. The van der Waals surface area contributed by atoms with E-state index < -0.39 is 31.5 Å². The van der Waals surface area contributed by atoms with Gasteiger partial charge < -0.3 is 19.3 Å². The van der Waals surface area contributed by atoms with Crippen molar-refractivity contribution >= 4 is 0 Å². The zero-order valence-electron chi connectivity index (χ0n) is 25.2. The van der Waals surface area contributed by atoms with E-state index in [0.29, 0.717) is 17.5 Å². The smallest absolute Gasteiger partial charge is 0.160 e. The SMILES string of the molecule is [2H]c1c([2H])c(OCC([2H])(O)CCCCc2c([2H])c([2H])c(OC)c(OC([2H])([2H])[2H])c2[2H])c([2H])c(C)c1C. The fraction of sp³-hybridized carbons (Fsp3) is 0.455. The van der Waals surface area contributed by atoms with E-state index in [1.165, 1.54) is 7.11 Å². The first kappa shape index (κ1) is 10.2. The van der Waals surface area contributed by atoms with Gasteiger partial charge in [-0.05, 0) is 74.0 Å². The predicted molar refractivity (Wildman–Crippen MR) is 105 cm³/mol. The zero-order chi connectivity index (χ0) is 27.6. The topological polar surface area (TPSA) is 47.9 Å². The van der Waals surface area contributed by atoms with Crippen LogP contribution in [0.15, 0.2) is 36.3 Å². The zero-order valence-corrected chi connectivity index (χ0v) is 15.2. The van der Waals surface area contributed by atoms with Crippen LogP contribution in [0.5, 0.6) is 17.2 Å². The molecule has 0 aromatic heterocycles. The van der Waals surface area contributed by atoms with Crippen molar-refractivity contribution < 1.29 is 33.0 Å². The number of ether oxygens (including phenoxy) is 3. The van der Waals surface area contributed by atoms with Crippen molar-refractivity contribution in [2.75, 3.05) is 20.8 Å². The molecule has 0 spiro atoms. The average molecular weight is 369 g/mol. The summed E-state index contributed by atoms with van der Waals surface area (Å²) >= 11 is 0. The van der Waals surface area contributed by atoms with E-state index in [0.717, 1.165) is 0 Å². The van der Waals surface area contributed by atoms with Crippen molar-refractivity contribution in [3.63, 3.8) is 0 Å². The number of hydrogen-bond acceptors (Lipinski definition) is 4. The first-order valence-electron chi connectivity index (χ1n) is 13.3. The van der Waals surface area contributed by atoms with Crippen molar-refractivity contribution in [2.24, 2.45) is 0 Å². The van der Waals surface area contributed by atoms with E-state index in [2.05, 4.69) is 0 Å². The molecule has 0 amide bonds. The van der Waals surface area contributed by atoms with Crippen molar-refractivity contribution in [1.82, 2.24) is 0 Å². The summed E-state index contributed by atoms with van der Waals surface area (Å²) in [5.41, 5.74) is 1.05. The molecule has 142 valence electrons. The van der Waals surface area contributed by atoms with Crippen LogP contribution in [-0.4, -0.2) is 31.9 Å². The molecular formula is C22H30O4. The summed E-state index contributed by atoms with van der Waals surface area (Å²) in [6.07, 6.45) is -1.49. The summed E-state index contributed by atoms with van der Waals surface area (Å²) in [7, 11) is -1.70. The highest BCUT2D eigenvalue weighted by atomic mass is 16.5. The van der Waals surface area contributed by atoms with Crippen LogP contribution in [0, 0.1) is 13.8 Å². The Morgan fingerprint density at radius 2 is 1.92 bits per heavy atom. The number of hydrogen-bond donors (Lipinski definition) is 1. The molecule has 4 heteroatoms. The average Bonchev–Trinajstić information content (AvgIpc) is 2.78. The van der Waals surface area contributed by atoms with Gasteiger partial charge in [0.05, 0.1) is 33.9 Å². The number of unbranched alkanes of at least 4 members (excludes halogenated alkanes) is 1. The highest BCUT2D eigenvalue weighted by molar-refractivity contribution is 5.42. The van der Waals surface area contributed by atoms with Gasteiger partial charge in [0.25, 0.3) is 0 Å². The Balaban J connectivity index is 2.09. The fourth-order valence-electron chi connectivity index (χ4n) is 2.22. The lowest BCUT2D eigenvalue weighted by atomic mass is 10.0. The third kappa shape index (κ3) is 5.95. The molecule has 4 nitrogen and oxygen atoms in total. The molecule has 0 aliphatic heterocycles. The second-order valence-corrected chi connectivity index (χ2v) is 5.83. The minimum absolute atomic E-state index is 0.0731. The summed E-state index contributed by atoms with van der Waals surface area (Å²) < 4.78 is 94.0. The van der Waals surface area contributed by atoms with Crippen LogP contribution >= 0.6 is 0 Å². The summed E-state index contributed by atoms with van der Waals surface area (Å²) in [6.45, 7) is 2.73. The van der Waals surface area contributed by atoms with Crippen LogP contribution in [0.25, 0.3) is 0 Å². The molecular weight excluding hydrogens is 328 g/mol. The van der Waals surface area contributed by atoms with Crippen LogP contribution < -0.4 is 14.2 Å². The van der Waals surface area contributed by atoms with Crippen molar-refractivity contribution in [3.8, 4) is 17.2 Å². The number of rotatable bonds is 10. The highest BCUT2D eigenvalue weighted by Crippen LogP contribution is 2.28. The Morgan fingerprint density at radius 3 is 2.69 bits per heavy atom. The second kappa shape index (κ2) is 10.1. The molecule has 0 fully saturated rings. The van der Waals surface area contributed by atoms with Crippen molar-refractivity contribution in [2.45, 2.75) is 45.6 Å². The normalized spacial score (nSPS) is 19.1. The van der Waals surface area contributed by atoms with Gasteiger partial charge in [0.1, 0.15) is 12.4 Å². The molecule has 0 aliphatic rings. The van der Waals surface area contributed by atoms with Gasteiger partial charge in [-0.25, -0.2) is 0 Å².